The summed E-state index contributed by atoms with van der Waals surface area (Å²) in [6, 6.07) is 5.45. The maximum Gasteiger partial charge on any atom is 0.141 e. The molecular weight excluding hydrogens is 176 g/mol. The molecule has 1 aromatic carbocycles. The van der Waals surface area contributed by atoms with Gasteiger partial charge in [0.05, 0.1) is 10.9 Å². The van der Waals surface area contributed by atoms with Crippen molar-refractivity contribution in [1.29, 1.82) is 0 Å². The zero-order valence-electron chi connectivity index (χ0n) is 6.29. The van der Waals surface area contributed by atoms with E-state index in [-0.39, 0.29) is 5.92 Å². The van der Waals surface area contributed by atoms with Crippen LogP contribution in [-0.4, -0.2) is 12.9 Å². The highest BCUT2D eigenvalue weighted by Gasteiger charge is 2.24. The third-order valence-electron chi connectivity index (χ3n) is 1.97. The lowest BCUT2D eigenvalue weighted by atomic mass is 10.0. The van der Waals surface area contributed by atoms with Gasteiger partial charge in [0, 0.05) is 5.56 Å². The highest BCUT2D eigenvalue weighted by molar-refractivity contribution is 6.32. The predicted molar refractivity (Wildman–Crippen MR) is 45.8 cm³/mol. The standard InChI is InChI=1S/C9H7ClO2/c10-8-3-1-2-7-6(4-11)5-12-9(7)8/h1-4,6H,5H2. The van der Waals surface area contributed by atoms with Crippen LogP contribution in [0.1, 0.15) is 11.5 Å². The van der Waals surface area contributed by atoms with Gasteiger partial charge in [0.25, 0.3) is 0 Å². The van der Waals surface area contributed by atoms with Crippen molar-refractivity contribution >= 4 is 17.9 Å². The molecule has 62 valence electrons. The molecule has 1 heterocycles. The molecule has 2 nitrogen and oxygen atoms in total. The van der Waals surface area contributed by atoms with Crippen molar-refractivity contribution < 1.29 is 9.53 Å². The normalized spacial score (nSPS) is 19.9. The Balaban J connectivity index is 2.52. The number of halogens is 1. The van der Waals surface area contributed by atoms with Gasteiger partial charge in [0.15, 0.2) is 0 Å². The molecular formula is C9H7ClO2. The second-order valence-corrected chi connectivity index (χ2v) is 3.12. The lowest BCUT2D eigenvalue weighted by Gasteiger charge is -1.99. The second-order valence-electron chi connectivity index (χ2n) is 2.71. The minimum absolute atomic E-state index is 0.140. The lowest BCUT2D eigenvalue weighted by molar-refractivity contribution is -0.109. The monoisotopic (exact) mass is 182 g/mol. The van der Waals surface area contributed by atoms with E-state index >= 15 is 0 Å². The van der Waals surface area contributed by atoms with Crippen LogP contribution in [0.15, 0.2) is 18.2 Å². The lowest BCUT2D eigenvalue weighted by Crippen LogP contribution is -2.00. The molecule has 0 amide bonds. The molecule has 1 aliphatic rings. The van der Waals surface area contributed by atoms with E-state index in [0.29, 0.717) is 17.4 Å². The summed E-state index contributed by atoms with van der Waals surface area (Å²) >= 11 is 5.85. The van der Waals surface area contributed by atoms with Gasteiger partial charge in [-0.05, 0) is 6.07 Å². The molecule has 0 saturated heterocycles. The number of carbonyl (C=O) groups is 1. The van der Waals surface area contributed by atoms with Gasteiger partial charge in [-0.3, -0.25) is 0 Å². The summed E-state index contributed by atoms with van der Waals surface area (Å²) in [4.78, 5) is 10.6. The van der Waals surface area contributed by atoms with Crippen LogP contribution >= 0.6 is 11.6 Å². The van der Waals surface area contributed by atoms with Crippen LogP contribution in [0.4, 0.5) is 0 Å². The number of hydrogen-bond donors (Lipinski definition) is 0. The summed E-state index contributed by atoms with van der Waals surface area (Å²) in [5.41, 5.74) is 0.900. The Labute approximate surface area is 75.1 Å². The molecule has 3 heteroatoms. The summed E-state index contributed by atoms with van der Waals surface area (Å²) in [7, 11) is 0. The van der Waals surface area contributed by atoms with Crippen molar-refractivity contribution in [3.05, 3.63) is 28.8 Å². The highest BCUT2D eigenvalue weighted by atomic mass is 35.5. The SMILES string of the molecule is O=CC1COc2c(Cl)cccc21. The first-order valence-electron chi connectivity index (χ1n) is 3.69. The topological polar surface area (TPSA) is 26.3 Å². The van der Waals surface area contributed by atoms with Crippen molar-refractivity contribution in [3.63, 3.8) is 0 Å². The average molecular weight is 183 g/mol. The molecule has 12 heavy (non-hydrogen) atoms. The molecule has 0 aromatic heterocycles. The van der Waals surface area contributed by atoms with E-state index in [1.165, 1.54) is 0 Å². The summed E-state index contributed by atoms with van der Waals surface area (Å²) in [5.74, 6) is 0.523. The number of rotatable bonds is 1. The predicted octanol–water partition coefficient (Wildman–Crippen LogP) is 2.01. The molecule has 0 bridgehead atoms. The van der Waals surface area contributed by atoms with Crippen LogP contribution in [-0.2, 0) is 4.79 Å². The first-order valence-corrected chi connectivity index (χ1v) is 4.07. The molecule has 0 radical (unpaired) electrons. The van der Waals surface area contributed by atoms with Gasteiger partial charge in [0.2, 0.25) is 0 Å². The van der Waals surface area contributed by atoms with Gasteiger partial charge in [-0.2, -0.15) is 0 Å². The summed E-state index contributed by atoms with van der Waals surface area (Å²) < 4.78 is 5.27. The van der Waals surface area contributed by atoms with E-state index in [1.54, 1.807) is 6.07 Å². The molecule has 1 aliphatic heterocycles. The number of ether oxygens (including phenoxy) is 1. The van der Waals surface area contributed by atoms with Crippen molar-refractivity contribution in [3.8, 4) is 5.75 Å². The van der Waals surface area contributed by atoms with Crippen LogP contribution in [0.2, 0.25) is 5.02 Å². The molecule has 0 fully saturated rings. The maximum absolute atomic E-state index is 10.6. The smallest absolute Gasteiger partial charge is 0.141 e. The van der Waals surface area contributed by atoms with E-state index in [4.69, 9.17) is 16.3 Å². The number of hydrogen-bond acceptors (Lipinski definition) is 2. The van der Waals surface area contributed by atoms with E-state index in [0.717, 1.165) is 11.8 Å². The molecule has 2 rings (SSSR count). The van der Waals surface area contributed by atoms with Crippen molar-refractivity contribution in [2.75, 3.05) is 6.61 Å². The minimum Gasteiger partial charge on any atom is -0.491 e. The van der Waals surface area contributed by atoms with Crippen molar-refractivity contribution in [2.24, 2.45) is 0 Å². The van der Waals surface area contributed by atoms with Crippen LogP contribution in [0, 0.1) is 0 Å². The number of aldehydes is 1. The van der Waals surface area contributed by atoms with Crippen LogP contribution in [0.5, 0.6) is 5.75 Å². The fraction of sp³-hybridized carbons (Fsp3) is 0.222. The minimum atomic E-state index is -0.140. The Morgan fingerprint density at radius 2 is 2.42 bits per heavy atom. The first-order chi connectivity index (χ1) is 5.83. The van der Waals surface area contributed by atoms with Crippen molar-refractivity contribution in [1.82, 2.24) is 0 Å². The van der Waals surface area contributed by atoms with Gasteiger partial charge < -0.3 is 9.53 Å². The van der Waals surface area contributed by atoms with Gasteiger partial charge in [-0.1, -0.05) is 23.7 Å². The second kappa shape index (κ2) is 2.79. The van der Waals surface area contributed by atoms with E-state index in [9.17, 15) is 4.79 Å². The third kappa shape index (κ3) is 0.994. The van der Waals surface area contributed by atoms with E-state index in [2.05, 4.69) is 0 Å². The first kappa shape index (κ1) is 7.62. The fourth-order valence-corrected chi connectivity index (χ4v) is 1.58. The highest BCUT2D eigenvalue weighted by Crippen LogP contribution is 2.38. The van der Waals surface area contributed by atoms with Crippen LogP contribution in [0.25, 0.3) is 0 Å². The zero-order chi connectivity index (χ0) is 8.55. The Bertz CT molecular complexity index is 322. The van der Waals surface area contributed by atoms with Crippen LogP contribution < -0.4 is 4.74 Å². The molecule has 1 unspecified atom stereocenters. The fourth-order valence-electron chi connectivity index (χ4n) is 1.35. The maximum atomic E-state index is 10.6. The van der Waals surface area contributed by atoms with Gasteiger partial charge in [-0.15, -0.1) is 0 Å². The molecule has 0 saturated carbocycles. The van der Waals surface area contributed by atoms with Crippen molar-refractivity contribution in [2.45, 2.75) is 5.92 Å². The molecule has 0 aliphatic carbocycles. The van der Waals surface area contributed by atoms with Gasteiger partial charge in [0.1, 0.15) is 18.6 Å². The number of carbonyl (C=O) groups excluding carboxylic acids is 1. The van der Waals surface area contributed by atoms with Crippen LogP contribution in [0.3, 0.4) is 0 Å². The number of para-hydroxylation sites is 1. The number of fused-ring (bicyclic) bond motifs is 1. The molecule has 1 atom stereocenters. The Hall–Kier alpha value is -1.02. The summed E-state index contributed by atoms with van der Waals surface area (Å²) in [6.45, 7) is 0.419. The average Bonchev–Trinajstić information content (AvgIpc) is 2.49. The quantitative estimate of drug-likeness (QED) is 0.622. The molecule has 1 aromatic rings. The molecule has 0 N–H and O–H groups in total. The van der Waals surface area contributed by atoms with Gasteiger partial charge in [-0.25, -0.2) is 0 Å². The number of benzene rings is 1. The Morgan fingerprint density at radius 3 is 3.17 bits per heavy atom. The van der Waals surface area contributed by atoms with Gasteiger partial charge >= 0.3 is 0 Å². The van der Waals surface area contributed by atoms with E-state index < -0.39 is 0 Å². The van der Waals surface area contributed by atoms with E-state index in [1.807, 2.05) is 12.1 Å². The Morgan fingerprint density at radius 1 is 1.58 bits per heavy atom. The molecule has 0 spiro atoms. The third-order valence-corrected chi connectivity index (χ3v) is 2.27. The summed E-state index contributed by atoms with van der Waals surface area (Å²) in [5, 5.41) is 0.580. The summed E-state index contributed by atoms with van der Waals surface area (Å²) in [6.07, 6.45) is 0.891. The Kier molecular flexibility index (Phi) is 1.77. The zero-order valence-corrected chi connectivity index (χ0v) is 7.04. The largest absolute Gasteiger partial charge is 0.491 e.